The van der Waals surface area contributed by atoms with Crippen LogP contribution in [0.4, 0.5) is 5.69 Å². The molecule has 0 fully saturated rings. The summed E-state index contributed by atoms with van der Waals surface area (Å²) in [4.78, 5) is 14.5. The van der Waals surface area contributed by atoms with Gasteiger partial charge in [-0.3, -0.25) is 4.79 Å². The van der Waals surface area contributed by atoms with Gasteiger partial charge in [0.1, 0.15) is 0 Å². The summed E-state index contributed by atoms with van der Waals surface area (Å²) in [5.41, 5.74) is 9.46. The molecule has 2 rings (SSSR count). The summed E-state index contributed by atoms with van der Waals surface area (Å²) in [5.74, 6) is 0.0392. The molecule has 0 bridgehead atoms. The molecule has 1 aromatic carbocycles. The van der Waals surface area contributed by atoms with E-state index in [9.17, 15) is 4.79 Å². The SMILES string of the molecule is Cc1ccc2c(c1)CCCN2C(=O)[C@H](N)C(C)(C)C. The molecule has 0 unspecified atom stereocenters. The lowest BCUT2D eigenvalue weighted by atomic mass is 9.86. The molecule has 1 amide bonds. The fraction of sp³-hybridized carbons (Fsp3) is 0.562. The molecule has 19 heavy (non-hydrogen) atoms. The first-order valence-electron chi connectivity index (χ1n) is 6.97. The van der Waals surface area contributed by atoms with Crippen molar-refractivity contribution in [3.8, 4) is 0 Å². The molecule has 1 atom stereocenters. The molecule has 104 valence electrons. The van der Waals surface area contributed by atoms with Gasteiger partial charge in [0.15, 0.2) is 0 Å². The Morgan fingerprint density at radius 1 is 1.37 bits per heavy atom. The summed E-state index contributed by atoms with van der Waals surface area (Å²) in [6.07, 6.45) is 2.06. The van der Waals surface area contributed by atoms with Crippen LogP contribution in [-0.2, 0) is 11.2 Å². The molecule has 0 radical (unpaired) electrons. The molecule has 1 aliphatic heterocycles. The molecule has 0 aromatic heterocycles. The number of carbonyl (C=O) groups excluding carboxylic acids is 1. The number of anilines is 1. The predicted molar refractivity (Wildman–Crippen MR) is 79.3 cm³/mol. The molecule has 1 aromatic rings. The number of amides is 1. The average molecular weight is 260 g/mol. The van der Waals surface area contributed by atoms with E-state index in [1.165, 1.54) is 11.1 Å². The van der Waals surface area contributed by atoms with Crippen LogP contribution in [0.1, 0.15) is 38.3 Å². The molecule has 2 N–H and O–H groups in total. The molecule has 0 saturated carbocycles. The van der Waals surface area contributed by atoms with E-state index in [0.717, 1.165) is 25.1 Å². The summed E-state index contributed by atoms with van der Waals surface area (Å²) in [5, 5.41) is 0. The van der Waals surface area contributed by atoms with Crippen molar-refractivity contribution in [1.29, 1.82) is 0 Å². The Balaban J connectivity index is 2.31. The van der Waals surface area contributed by atoms with E-state index in [4.69, 9.17) is 5.73 Å². The Labute approximate surface area is 115 Å². The Hall–Kier alpha value is -1.35. The van der Waals surface area contributed by atoms with Gasteiger partial charge in [-0.25, -0.2) is 0 Å². The van der Waals surface area contributed by atoms with E-state index in [0.29, 0.717) is 0 Å². The molecule has 0 spiro atoms. The van der Waals surface area contributed by atoms with Crippen LogP contribution in [0, 0.1) is 12.3 Å². The first-order valence-corrected chi connectivity index (χ1v) is 6.97. The topological polar surface area (TPSA) is 46.3 Å². The average Bonchev–Trinajstić information content (AvgIpc) is 2.34. The Kier molecular flexibility index (Phi) is 3.68. The van der Waals surface area contributed by atoms with Crippen molar-refractivity contribution in [2.45, 2.75) is 46.6 Å². The minimum absolute atomic E-state index is 0.0392. The highest BCUT2D eigenvalue weighted by Crippen LogP contribution is 2.30. The van der Waals surface area contributed by atoms with E-state index < -0.39 is 6.04 Å². The molecule has 1 aliphatic rings. The monoisotopic (exact) mass is 260 g/mol. The van der Waals surface area contributed by atoms with Crippen molar-refractivity contribution in [2.24, 2.45) is 11.1 Å². The van der Waals surface area contributed by atoms with Crippen molar-refractivity contribution in [2.75, 3.05) is 11.4 Å². The molecule has 0 saturated heterocycles. The second kappa shape index (κ2) is 4.97. The van der Waals surface area contributed by atoms with Crippen LogP contribution >= 0.6 is 0 Å². The van der Waals surface area contributed by atoms with E-state index in [1.54, 1.807) is 0 Å². The predicted octanol–water partition coefficient (Wildman–Crippen LogP) is 2.65. The Bertz CT molecular complexity index is 488. The van der Waals surface area contributed by atoms with E-state index >= 15 is 0 Å². The number of fused-ring (bicyclic) bond motifs is 1. The molecular weight excluding hydrogens is 236 g/mol. The third-order valence-corrected chi connectivity index (χ3v) is 3.82. The number of rotatable bonds is 1. The minimum Gasteiger partial charge on any atom is -0.319 e. The van der Waals surface area contributed by atoms with Crippen molar-refractivity contribution in [3.05, 3.63) is 29.3 Å². The van der Waals surface area contributed by atoms with Crippen molar-refractivity contribution in [3.63, 3.8) is 0 Å². The van der Waals surface area contributed by atoms with Gasteiger partial charge in [-0.05, 0) is 36.8 Å². The number of aryl methyl sites for hydroxylation is 2. The van der Waals surface area contributed by atoms with Crippen molar-refractivity contribution >= 4 is 11.6 Å². The lowest BCUT2D eigenvalue weighted by molar-refractivity contribution is -0.122. The molecule has 0 aliphatic carbocycles. The highest BCUT2D eigenvalue weighted by Gasteiger charge is 2.33. The maximum Gasteiger partial charge on any atom is 0.244 e. The highest BCUT2D eigenvalue weighted by atomic mass is 16.2. The number of nitrogens with zero attached hydrogens (tertiary/aromatic N) is 1. The summed E-state index contributed by atoms with van der Waals surface area (Å²) in [6, 6.07) is 5.83. The zero-order valence-electron chi connectivity index (χ0n) is 12.4. The van der Waals surface area contributed by atoms with Crippen LogP contribution in [0.25, 0.3) is 0 Å². The number of hydrogen-bond acceptors (Lipinski definition) is 2. The largest absolute Gasteiger partial charge is 0.319 e. The summed E-state index contributed by atoms with van der Waals surface area (Å²) >= 11 is 0. The molecule has 3 nitrogen and oxygen atoms in total. The minimum atomic E-state index is -0.459. The van der Waals surface area contributed by atoms with Gasteiger partial charge in [-0.2, -0.15) is 0 Å². The second-order valence-corrected chi connectivity index (χ2v) is 6.57. The first kappa shape index (κ1) is 14.1. The van der Waals surface area contributed by atoms with Crippen LogP contribution in [0.2, 0.25) is 0 Å². The molecule has 1 heterocycles. The molecular formula is C16H24N2O. The highest BCUT2D eigenvalue weighted by molar-refractivity contribution is 5.98. The van der Waals surface area contributed by atoms with Crippen LogP contribution in [0.15, 0.2) is 18.2 Å². The van der Waals surface area contributed by atoms with Gasteiger partial charge in [0.05, 0.1) is 6.04 Å². The van der Waals surface area contributed by atoms with Crippen LogP contribution in [0.3, 0.4) is 0 Å². The summed E-state index contributed by atoms with van der Waals surface area (Å²) in [6.45, 7) is 8.89. The first-order chi connectivity index (χ1) is 8.80. The third-order valence-electron chi connectivity index (χ3n) is 3.82. The van der Waals surface area contributed by atoms with Gasteiger partial charge in [-0.1, -0.05) is 38.5 Å². The van der Waals surface area contributed by atoms with Gasteiger partial charge < -0.3 is 10.6 Å². The Morgan fingerprint density at radius 3 is 2.68 bits per heavy atom. The van der Waals surface area contributed by atoms with Crippen molar-refractivity contribution in [1.82, 2.24) is 0 Å². The zero-order valence-corrected chi connectivity index (χ0v) is 12.4. The van der Waals surface area contributed by atoms with E-state index in [2.05, 4.69) is 25.1 Å². The fourth-order valence-electron chi connectivity index (χ4n) is 2.49. The lowest BCUT2D eigenvalue weighted by Gasteiger charge is -2.35. The summed E-state index contributed by atoms with van der Waals surface area (Å²) in [7, 11) is 0. The van der Waals surface area contributed by atoms with E-state index in [1.807, 2.05) is 25.7 Å². The van der Waals surface area contributed by atoms with Gasteiger partial charge in [-0.15, -0.1) is 0 Å². The van der Waals surface area contributed by atoms with E-state index in [-0.39, 0.29) is 11.3 Å². The number of carbonyl (C=O) groups is 1. The van der Waals surface area contributed by atoms with Gasteiger partial charge in [0.2, 0.25) is 5.91 Å². The normalized spacial score (nSPS) is 17.0. The smallest absolute Gasteiger partial charge is 0.244 e. The quantitative estimate of drug-likeness (QED) is 0.843. The maximum absolute atomic E-state index is 12.6. The van der Waals surface area contributed by atoms with Gasteiger partial charge in [0.25, 0.3) is 0 Å². The lowest BCUT2D eigenvalue weighted by Crippen LogP contribution is -2.51. The van der Waals surface area contributed by atoms with Crippen LogP contribution < -0.4 is 10.6 Å². The number of nitrogens with two attached hydrogens (primary N) is 1. The maximum atomic E-state index is 12.6. The third kappa shape index (κ3) is 2.81. The fourth-order valence-corrected chi connectivity index (χ4v) is 2.49. The van der Waals surface area contributed by atoms with Gasteiger partial charge in [0, 0.05) is 12.2 Å². The van der Waals surface area contributed by atoms with Gasteiger partial charge >= 0.3 is 0 Å². The standard InChI is InChI=1S/C16H24N2O/c1-11-7-8-13-12(10-11)6-5-9-18(13)15(19)14(17)16(2,3)4/h7-8,10,14H,5-6,9,17H2,1-4H3/t14-/m0/s1. The molecule has 3 heteroatoms. The Morgan fingerprint density at radius 2 is 2.05 bits per heavy atom. The number of benzene rings is 1. The zero-order chi connectivity index (χ0) is 14.2. The van der Waals surface area contributed by atoms with Crippen LogP contribution in [-0.4, -0.2) is 18.5 Å². The van der Waals surface area contributed by atoms with Crippen LogP contribution in [0.5, 0.6) is 0 Å². The summed E-state index contributed by atoms with van der Waals surface area (Å²) < 4.78 is 0. The number of hydrogen-bond donors (Lipinski definition) is 1. The second-order valence-electron chi connectivity index (χ2n) is 6.57. The van der Waals surface area contributed by atoms with Crippen molar-refractivity contribution < 1.29 is 4.79 Å².